The van der Waals surface area contributed by atoms with Gasteiger partial charge in [0.15, 0.2) is 0 Å². The number of urea groups is 1. The third-order valence-electron chi connectivity index (χ3n) is 3.55. The van der Waals surface area contributed by atoms with E-state index in [1.807, 2.05) is 0 Å². The standard InChI is InChI=1S/C17H19FN4O3/c1-11-6-7-14(21-17(25)19-2)16(24)22(11)10-15(23)20-9-12-4-3-5-13(18)8-12/h3-8H,9-10H2,1-2H3,(H,20,23)(H2,19,21,25). The van der Waals surface area contributed by atoms with Crippen LogP contribution in [0.25, 0.3) is 0 Å². The summed E-state index contributed by atoms with van der Waals surface area (Å²) in [6.45, 7) is 1.63. The van der Waals surface area contributed by atoms with E-state index in [0.717, 1.165) is 0 Å². The number of anilines is 1. The van der Waals surface area contributed by atoms with Crippen molar-refractivity contribution < 1.29 is 14.0 Å². The van der Waals surface area contributed by atoms with Crippen molar-refractivity contribution in [1.82, 2.24) is 15.2 Å². The predicted octanol–water partition coefficient (Wildman–Crippen LogP) is 1.36. The number of aryl methyl sites for hydroxylation is 1. The summed E-state index contributed by atoms with van der Waals surface area (Å²) in [5.74, 6) is -0.779. The Morgan fingerprint density at radius 3 is 2.64 bits per heavy atom. The number of rotatable bonds is 5. The third-order valence-corrected chi connectivity index (χ3v) is 3.55. The van der Waals surface area contributed by atoms with Crippen molar-refractivity contribution in [3.05, 3.63) is 63.8 Å². The van der Waals surface area contributed by atoms with Crippen LogP contribution >= 0.6 is 0 Å². The van der Waals surface area contributed by atoms with Gasteiger partial charge in [-0.3, -0.25) is 9.59 Å². The summed E-state index contributed by atoms with van der Waals surface area (Å²) in [4.78, 5) is 35.8. The molecule has 8 heteroatoms. The fourth-order valence-electron chi connectivity index (χ4n) is 2.19. The first-order valence-corrected chi connectivity index (χ1v) is 7.61. The van der Waals surface area contributed by atoms with Crippen LogP contribution in [0.3, 0.4) is 0 Å². The van der Waals surface area contributed by atoms with Gasteiger partial charge in [-0.2, -0.15) is 0 Å². The summed E-state index contributed by atoms with van der Waals surface area (Å²) in [6.07, 6.45) is 0. The number of carbonyl (C=O) groups is 2. The van der Waals surface area contributed by atoms with E-state index in [0.29, 0.717) is 11.3 Å². The molecule has 2 aromatic rings. The highest BCUT2D eigenvalue weighted by Gasteiger charge is 2.11. The van der Waals surface area contributed by atoms with E-state index >= 15 is 0 Å². The minimum atomic E-state index is -0.525. The number of halogens is 1. The lowest BCUT2D eigenvalue weighted by Crippen LogP contribution is -2.35. The zero-order chi connectivity index (χ0) is 18.4. The van der Waals surface area contributed by atoms with Crippen molar-refractivity contribution in [2.75, 3.05) is 12.4 Å². The van der Waals surface area contributed by atoms with Gasteiger partial charge in [0.2, 0.25) is 5.91 Å². The molecule has 0 fully saturated rings. The van der Waals surface area contributed by atoms with E-state index in [-0.39, 0.29) is 24.6 Å². The highest BCUT2D eigenvalue weighted by molar-refractivity contribution is 5.88. The molecule has 0 spiro atoms. The molecule has 0 aliphatic heterocycles. The van der Waals surface area contributed by atoms with Crippen molar-refractivity contribution in [3.8, 4) is 0 Å². The summed E-state index contributed by atoms with van der Waals surface area (Å²) in [6, 6.07) is 8.47. The van der Waals surface area contributed by atoms with Crippen molar-refractivity contribution in [2.24, 2.45) is 0 Å². The van der Waals surface area contributed by atoms with E-state index in [1.165, 1.54) is 29.8 Å². The molecular weight excluding hydrogens is 327 g/mol. The quantitative estimate of drug-likeness (QED) is 0.763. The highest BCUT2D eigenvalue weighted by Crippen LogP contribution is 2.05. The maximum atomic E-state index is 13.1. The summed E-state index contributed by atoms with van der Waals surface area (Å²) >= 11 is 0. The number of amides is 3. The van der Waals surface area contributed by atoms with Crippen molar-refractivity contribution >= 4 is 17.6 Å². The predicted molar refractivity (Wildman–Crippen MR) is 91.8 cm³/mol. The number of benzene rings is 1. The van der Waals surface area contributed by atoms with Gasteiger partial charge in [-0.15, -0.1) is 0 Å². The summed E-state index contributed by atoms with van der Waals surface area (Å²) in [5, 5.41) is 7.39. The molecule has 0 aliphatic rings. The van der Waals surface area contributed by atoms with Gasteiger partial charge in [0, 0.05) is 19.3 Å². The molecule has 0 radical (unpaired) electrons. The van der Waals surface area contributed by atoms with Gasteiger partial charge in [0.05, 0.1) is 0 Å². The Morgan fingerprint density at radius 2 is 1.96 bits per heavy atom. The van der Waals surface area contributed by atoms with Crippen LogP contribution in [0.4, 0.5) is 14.9 Å². The van der Waals surface area contributed by atoms with Crippen LogP contribution in [-0.2, 0) is 17.9 Å². The molecule has 0 saturated heterocycles. The Kier molecular flexibility index (Phi) is 5.89. The molecule has 2 rings (SSSR count). The van der Waals surface area contributed by atoms with Gasteiger partial charge in [0.1, 0.15) is 18.0 Å². The Labute approximate surface area is 143 Å². The molecule has 1 aromatic carbocycles. The monoisotopic (exact) mass is 346 g/mol. The Bertz CT molecular complexity index is 848. The molecular formula is C17H19FN4O3. The first-order valence-electron chi connectivity index (χ1n) is 7.61. The van der Waals surface area contributed by atoms with Crippen LogP contribution in [-0.4, -0.2) is 23.6 Å². The second-order valence-electron chi connectivity index (χ2n) is 5.39. The Morgan fingerprint density at radius 1 is 1.20 bits per heavy atom. The van der Waals surface area contributed by atoms with Gasteiger partial charge in [-0.25, -0.2) is 9.18 Å². The maximum absolute atomic E-state index is 13.1. The lowest BCUT2D eigenvalue weighted by molar-refractivity contribution is -0.121. The van der Waals surface area contributed by atoms with Crippen LogP contribution in [0.15, 0.2) is 41.2 Å². The topological polar surface area (TPSA) is 92.2 Å². The molecule has 0 aliphatic carbocycles. The fraction of sp³-hybridized carbons (Fsp3) is 0.235. The largest absolute Gasteiger partial charge is 0.350 e. The number of nitrogens with zero attached hydrogens (tertiary/aromatic N) is 1. The third kappa shape index (κ3) is 4.90. The molecule has 0 unspecified atom stereocenters. The normalized spacial score (nSPS) is 10.2. The minimum absolute atomic E-state index is 0.0721. The number of hydrogen-bond acceptors (Lipinski definition) is 3. The van der Waals surface area contributed by atoms with Crippen LogP contribution < -0.4 is 21.5 Å². The van der Waals surface area contributed by atoms with Gasteiger partial charge < -0.3 is 20.5 Å². The van der Waals surface area contributed by atoms with E-state index in [4.69, 9.17) is 0 Å². The summed E-state index contributed by atoms with van der Waals surface area (Å²) in [7, 11) is 1.43. The van der Waals surface area contributed by atoms with Crippen LogP contribution in [0.5, 0.6) is 0 Å². The van der Waals surface area contributed by atoms with E-state index in [9.17, 15) is 18.8 Å². The lowest BCUT2D eigenvalue weighted by atomic mass is 10.2. The Balaban J connectivity index is 2.08. The summed E-state index contributed by atoms with van der Waals surface area (Å²) < 4.78 is 14.4. The van der Waals surface area contributed by atoms with Crippen LogP contribution in [0, 0.1) is 12.7 Å². The Hall–Kier alpha value is -3.16. The number of hydrogen-bond donors (Lipinski definition) is 3. The minimum Gasteiger partial charge on any atom is -0.350 e. The zero-order valence-corrected chi connectivity index (χ0v) is 13.9. The van der Waals surface area contributed by atoms with Gasteiger partial charge >= 0.3 is 6.03 Å². The number of pyridine rings is 1. The highest BCUT2D eigenvalue weighted by atomic mass is 19.1. The average molecular weight is 346 g/mol. The zero-order valence-electron chi connectivity index (χ0n) is 13.9. The average Bonchev–Trinajstić information content (AvgIpc) is 2.59. The van der Waals surface area contributed by atoms with Crippen molar-refractivity contribution in [3.63, 3.8) is 0 Å². The number of nitrogens with one attached hydrogen (secondary N) is 3. The maximum Gasteiger partial charge on any atom is 0.319 e. The van der Waals surface area contributed by atoms with E-state index < -0.39 is 17.5 Å². The number of aromatic nitrogens is 1. The van der Waals surface area contributed by atoms with Crippen molar-refractivity contribution in [2.45, 2.75) is 20.0 Å². The van der Waals surface area contributed by atoms with Crippen LogP contribution in [0.2, 0.25) is 0 Å². The molecule has 25 heavy (non-hydrogen) atoms. The van der Waals surface area contributed by atoms with Crippen LogP contribution in [0.1, 0.15) is 11.3 Å². The molecule has 1 heterocycles. The first kappa shape index (κ1) is 18.2. The first-order chi connectivity index (χ1) is 11.9. The fourth-order valence-corrected chi connectivity index (χ4v) is 2.19. The molecule has 1 aromatic heterocycles. The molecule has 7 nitrogen and oxygen atoms in total. The molecule has 0 bridgehead atoms. The van der Waals surface area contributed by atoms with E-state index in [1.54, 1.807) is 25.1 Å². The summed E-state index contributed by atoms with van der Waals surface area (Å²) in [5.41, 5.74) is 0.785. The molecule has 0 saturated carbocycles. The second kappa shape index (κ2) is 8.09. The van der Waals surface area contributed by atoms with Gasteiger partial charge in [-0.05, 0) is 36.8 Å². The van der Waals surface area contributed by atoms with Gasteiger partial charge in [0.25, 0.3) is 5.56 Å². The molecule has 3 amide bonds. The number of carbonyl (C=O) groups excluding carboxylic acids is 2. The van der Waals surface area contributed by atoms with Crippen molar-refractivity contribution in [1.29, 1.82) is 0 Å². The van der Waals surface area contributed by atoms with Gasteiger partial charge in [-0.1, -0.05) is 12.1 Å². The second-order valence-corrected chi connectivity index (χ2v) is 5.39. The molecule has 0 atom stereocenters. The van der Waals surface area contributed by atoms with E-state index in [2.05, 4.69) is 16.0 Å². The molecule has 132 valence electrons. The SMILES string of the molecule is CNC(=O)Nc1ccc(C)n(CC(=O)NCc2cccc(F)c2)c1=O. The molecule has 3 N–H and O–H groups in total. The lowest BCUT2D eigenvalue weighted by Gasteiger charge is -2.13. The smallest absolute Gasteiger partial charge is 0.319 e.